The minimum atomic E-state index is -0.531. The van der Waals surface area contributed by atoms with Gasteiger partial charge < -0.3 is 4.52 Å². The van der Waals surface area contributed by atoms with Crippen molar-refractivity contribution in [2.75, 3.05) is 0 Å². The van der Waals surface area contributed by atoms with Crippen LogP contribution in [-0.2, 0) is 12.0 Å². The van der Waals surface area contributed by atoms with Gasteiger partial charge in [0.2, 0.25) is 0 Å². The van der Waals surface area contributed by atoms with E-state index in [1.165, 1.54) is 4.57 Å². The van der Waals surface area contributed by atoms with Gasteiger partial charge in [-0.25, -0.2) is 4.79 Å². The van der Waals surface area contributed by atoms with Crippen LogP contribution in [0.1, 0.15) is 32.4 Å². The van der Waals surface area contributed by atoms with Gasteiger partial charge in [0.05, 0.1) is 6.54 Å². The number of aromatic nitrogens is 4. The lowest BCUT2D eigenvalue weighted by Gasteiger charge is -2.15. The quantitative estimate of drug-likeness (QED) is 0.737. The second kappa shape index (κ2) is 5.25. The summed E-state index contributed by atoms with van der Waals surface area (Å²) in [5, 5.41) is 7.75. The van der Waals surface area contributed by atoms with Crippen molar-refractivity contribution in [3.8, 4) is 11.5 Å². The Hall–Kier alpha value is -2.70. The molecule has 0 spiro atoms. The molecule has 2 heterocycles. The van der Waals surface area contributed by atoms with Gasteiger partial charge in [-0.05, 0) is 12.1 Å². The monoisotopic (exact) mass is 300 g/mol. The van der Waals surface area contributed by atoms with Crippen LogP contribution in [0.5, 0.6) is 0 Å². The second-order valence-corrected chi connectivity index (χ2v) is 5.99. The van der Waals surface area contributed by atoms with Gasteiger partial charge in [0.25, 0.3) is 5.89 Å². The van der Waals surface area contributed by atoms with Gasteiger partial charge in [-0.1, -0.05) is 49.3 Å². The molecule has 0 fully saturated rings. The van der Waals surface area contributed by atoms with Gasteiger partial charge in [-0.2, -0.15) is 4.98 Å². The molecule has 0 aliphatic rings. The molecule has 0 aliphatic heterocycles. The van der Waals surface area contributed by atoms with Crippen molar-refractivity contribution in [3.05, 3.63) is 52.5 Å². The number of rotatable bonds is 3. The van der Waals surface area contributed by atoms with Gasteiger partial charge in [0.15, 0.2) is 11.6 Å². The summed E-state index contributed by atoms with van der Waals surface area (Å²) in [4.78, 5) is 16.1. The summed E-state index contributed by atoms with van der Waals surface area (Å²) < 4.78 is 11.4. The molecule has 0 N–H and O–H groups in total. The minimum absolute atomic E-state index is 0.158. The largest absolute Gasteiger partial charge is 0.442 e. The molecule has 1 aromatic carbocycles. The van der Waals surface area contributed by atoms with Gasteiger partial charge >= 0.3 is 5.76 Å². The number of hydrogen-bond acceptors (Lipinski definition) is 6. The average molecular weight is 300 g/mol. The molecule has 7 nitrogen and oxygen atoms in total. The Morgan fingerprint density at radius 1 is 1.09 bits per heavy atom. The van der Waals surface area contributed by atoms with Gasteiger partial charge in [0.1, 0.15) is 0 Å². The van der Waals surface area contributed by atoms with Crippen molar-refractivity contribution in [1.29, 1.82) is 0 Å². The van der Waals surface area contributed by atoms with Crippen molar-refractivity contribution >= 4 is 0 Å². The van der Waals surface area contributed by atoms with E-state index in [-0.39, 0.29) is 12.0 Å². The second-order valence-electron chi connectivity index (χ2n) is 5.99. The van der Waals surface area contributed by atoms with Crippen molar-refractivity contribution < 1.29 is 9.05 Å². The third-order valence-electron chi connectivity index (χ3n) is 3.15. The summed E-state index contributed by atoms with van der Waals surface area (Å²) in [6.07, 6.45) is 0. The maximum Gasteiger partial charge on any atom is 0.442 e. The predicted molar refractivity (Wildman–Crippen MR) is 78.3 cm³/mol. The SMILES string of the molecule is CC(C)(C)c1noc(=O)n1Cc1noc(-c2ccccc2)n1. The van der Waals surface area contributed by atoms with Crippen LogP contribution in [0, 0.1) is 0 Å². The molecular formula is C15H16N4O3. The van der Waals surface area contributed by atoms with E-state index >= 15 is 0 Å². The zero-order valence-corrected chi connectivity index (χ0v) is 12.6. The minimum Gasteiger partial charge on any atom is -0.334 e. The molecule has 0 bridgehead atoms. The molecule has 0 saturated carbocycles. The van der Waals surface area contributed by atoms with Gasteiger partial charge in [-0.3, -0.25) is 9.09 Å². The maximum atomic E-state index is 11.8. The van der Waals surface area contributed by atoms with Crippen LogP contribution in [0.15, 0.2) is 44.2 Å². The van der Waals surface area contributed by atoms with Crippen molar-refractivity contribution in [2.24, 2.45) is 0 Å². The Morgan fingerprint density at radius 3 is 2.50 bits per heavy atom. The van der Waals surface area contributed by atoms with Gasteiger partial charge in [0, 0.05) is 11.0 Å². The Labute approximate surface area is 126 Å². The summed E-state index contributed by atoms with van der Waals surface area (Å²) in [5.41, 5.74) is 0.507. The van der Waals surface area contributed by atoms with E-state index in [4.69, 9.17) is 9.05 Å². The lowest BCUT2D eigenvalue weighted by Crippen LogP contribution is -2.25. The molecule has 0 radical (unpaired) electrons. The first kappa shape index (κ1) is 14.2. The van der Waals surface area contributed by atoms with E-state index in [1.54, 1.807) is 0 Å². The average Bonchev–Trinajstić information content (AvgIpc) is 3.08. The highest BCUT2D eigenvalue weighted by atomic mass is 16.5. The first-order chi connectivity index (χ1) is 10.4. The zero-order chi connectivity index (χ0) is 15.7. The summed E-state index contributed by atoms with van der Waals surface area (Å²) >= 11 is 0. The lowest BCUT2D eigenvalue weighted by molar-refractivity contribution is 0.366. The first-order valence-electron chi connectivity index (χ1n) is 6.90. The highest BCUT2D eigenvalue weighted by molar-refractivity contribution is 5.51. The molecule has 0 amide bonds. The Morgan fingerprint density at radius 2 is 1.82 bits per heavy atom. The third-order valence-corrected chi connectivity index (χ3v) is 3.15. The van der Waals surface area contributed by atoms with Crippen LogP contribution < -0.4 is 5.76 Å². The first-order valence-corrected chi connectivity index (χ1v) is 6.90. The fraction of sp³-hybridized carbons (Fsp3) is 0.333. The normalized spacial score (nSPS) is 11.8. The van der Waals surface area contributed by atoms with Crippen LogP contribution in [0.2, 0.25) is 0 Å². The Kier molecular flexibility index (Phi) is 3.40. The zero-order valence-electron chi connectivity index (χ0n) is 12.6. The van der Waals surface area contributed by atoms with Crippen molar-refractivity contribution in [1.82, 2.24) is 19.9 Å². The van der Waals surface area contributed by atoms with E-state index in [0.717, 1.165) is 5.56 Å². The van der Waals surface area contributed by atoms with Crippen molar-refractivity contribution in [2.45, 2.75) is 32.7 Å². The highest BCUT2D eigenvalue weighted by Gasteiger charge is 2.25. The summed E-state index contributed by atoms with van der Waals surface area (Å²) in [5.74, 6) is 0.826. The molecule has 3 aromatic rings. The Bertz CT molecular complexity index is 824. The molecular weight excluding hydrogens is 284 g/mol. The number of hydrogen-bond donors (Lipinski definition) is 0. The van der Waals surface area contributed by atoms with Crippen LogP contribution in [0.3, 0.4) is 0 Å². The molecule has 2 aromatic heterocycles. The molecule has 0 atom stereocenters. The fourth-order valence-electron chi connectivity index (χ4n) is 2.11. The van der Waals surface area contributed by atoms with E-state index in [1.807, 2.05) is 51.1 Å². The highest BCUT2D eigenvalue weighted by Crippen LogP contribution is 2.20. The lowest BCUT2D eigenvalue weighted by atomic mass is 9.96. The molecule has 0 saturated heterocycles. The fourth-order valence-corrected chi connectivity index (χ4v) is 2.11. The number of benzene rings is 1. The van der Waals surface area contributed by atoms with E-state index in [2.05, 4.69) is 15.3 Å². The smallest absolute Gasteiger partial charge is 0.334 e. The van der Waals surface area contributed by atoms with Crippen LogP contribution >= 0.6 is 0 Å². The molecule has 3 rings (SSSR count). The molecule has 0 aliphatic carbocycles. The molecule has 0 unspecified atom stereocenters. The standard InChI is InChI=1S/C15H16N4O3/c1-15(2,3)13-18-22-14(20)19(13)9-11-16-12(21-17-11)10-7-5-4-6-8-10/h4-8H,9H2,1-3H3. The predicted octanol–water partition coefficient (Wildman–Crippen LogP) is 2.23. The Balaban J connectivity index is 1.91. The van der Waals surface area contributed by atoms with E-state index in [9.17, 15) is 4.79 Å². The molecule has 22 heavy (non-hydrogen) atoms. The third kappa shape index (κ3) is 2.69. The summed E-state index contributed by atoms with van der Waals surface area (Å²) in [7, 11) is 0. The summed E-state index contributed by atoms with van der Waals surface area (Å²) in [6, 6.07) is 9.45. The van der Waals surface area contributed by atoms with Crippen LogP contribution in [0.25, 0.3) is 11.5 Å². The maximum absolute atomic E-state index is 11.8. The van der Waals surface area contributed by atoms with Crippen LogP contribution in [-0.4, -0.2) is 19.9 Å². The molecule has 7 heteroatoms. The van der Waals surface area contributed by atoms with Gasteiger partial charge in [-0.15, -0.1) is 0 Å². The molecule has 114 valence electrons. The van der Waals surface area contributed by atoms with Crippen LogP contribution in [0.4, 0.5) is 0 Å². The van der Waals surface area contributed by atoms with Crippen molar-refractivity contribution in [3.63, 3.8) is 0 Å². The van der Waals surface area contributed by atoms with E-state index < -0.39 is 5.76 Å². The van der Waals surface area contributed by atoms with E-state index in [0.29, 0.717) is 17.5 Å². The number of nitrogens with zero attached hydrogens (tertiary/aromatic N) is 4. The topological polar surface area (TPSA) is 87.0 Å². The summed E-state index contributed by atoms with van der Waals surface area (Å²) in [6.45, 7) is 6.01.